The zero-order valence-corrected chi connectivity index (χ0v) is 18.3. The second-order valence-electron chi connectivity index (χ2n) is 6.41. The van der Waals surface area contributed by atoms with E-state index in [1.807, 2.05) is 0 Å². The number of aromatic amines is 1. The van der Waals surface area contributed by atoms with Crippen molar-refractivity contribution < 1.29 is 23.9 Å². The number of hydrogen-bond acceptors (Lipinski definition) is 8. The number of rotatable bonds is 9. The Morgan fingerprint density at radius 2 is 1.79 bits per heavy atom. The molecule has 0 bridgehead atoms. The fourth-order valence-corrected chi connectivity index (χ4v) is 3.76. The number of esters is 2. The van der Waals surface area contributed by atoms with Gasteiger partial charge in [0.25, 0.3) is 0 Å². The summed E-state index contributed by atoms with van der Waals surface area (Å²) in [7, 11) is 1.73. The molecule has 1 atom stereocenters. The first-order valence-corrected chi connectivity index (χ1v) is 10.2. The van der Waals surface area contributed by atoms with Gasteiger partial charge in [0.05, 0.1) is 29.7 Å². The highest BCUT2D eigenvalue weighted by Crippen LogP contribution is 2.27. The average molecular weight is 423 g/mol. The molecule has 0 radical (unpaired) electrons. The van der Waals surface area contributed by atoms with Crippen LogP contribution in [0.25, 0.3) is 0 Å². The zero-order valence-electron chi connectivity index (χ0n) is 17.5. The maximum atomic E-state index is 13.0. The van der Waals surface area contributed by atoms with Gasteiger partial charge in [-0.3, -0.25) is 9.59 Å². The lowest BCUT2D eigenvalue weighted by Gasteiger charge is -2.10. The van der Waals surface area contributed by atoms with Crippen molar-refractivity contribution in [1.82, 2.24) is 19.7 Å². The molecule has 0 saturated carbocycles. The minimum atomic E-state index is -0.486. The van der Waals surface area contributed by atoms with E-state index in [1.165, 1.54) is 11.8 Å². The molecule has 29 heavy (non-hydrogen) atoms. The van der Waals surface area contributed by atoms with Crippen LogP contribution in [0.4, 0.5) is 0 Å². The Kier molecular flexibility index (Phi) is 7.60. The number of carbonyl (C=O) groups is 3. The van der Waals surface area contributed by atoms with Crippen molar-refractivity contribution in [3.8, 4) is 0 Å². The zero-order chi connectivity index (χ0) is 21.7. The van der Waals surface area contributed by atoms with Gasteiger partial charge < -0.3 is 19.0 Å². The lowest BCUT2D eigenvalue weighted by molar-refractivity contribution is -0.142. The van der Waals surface area contributed by atoms with E-state index in [0.717, 1.165) is 0 Å². The molecule has 0 aliphatic carbocycles. The molecule has 2 aromatic rings. The number of ether oxygens (including phenoxy) is 2. The number of thioether (sulfide) groups is 1. The fourth-order valence-electron chi connectivity index (χ4n) is 2.86. The second kappa shape index (κ2) is 9.73. The summed E-state index contributed by atoms with van der Waals surface area (Å²) in [4.78, 5) is 39.8. The van der Waals surface area contributed by atoms with Crippen molar-refractivity contribution in [1.29, 1.82) is 0 Å². The summed E-state index contributed by atoms with van der Waals surface area (Å²) < 4.78 is 11.7. The Hall–Kier alpha value is -2.62. The molecule has 1 N–H and O–H groups in total. The molecule has 2 rings (SSSR count). The van der Waals surface area contributed by atoms with E-state index in [-0.39, 0.29) is 24.8 Å². The maximum absolute atomic E-state index is 13.0. The van der Waals surface area contributed by atoms with Gasteiger partial charge in [0.1, 0.15) is 12.2 Å². The van der Waals surface area contributed by atoms with Gasteiger partial charge in [-0.1, -0.05) is 11.8 Å². The minimum absolute atomic E-state index is 0.0120. The molecule has 0 unspecified atom stereocenters. The van der Waals surface area contributed by atoms with Crippen LogP contribution in [0.1, 0.15) is 58.7 Å². The molecular formula is C19H26N4O5S. The number of ketones is 1. The van der Waals surface area contributed by atoms with Gasteiger partial charge in [-0.2, -0.15) is 0 Å². The van der Waals surface area contributed by atoms with Crippen molar-refractivity contribution in [2.45, 2.75) is 51.4 Å². The first-order valence-electron chi connectivity index (χ1n) is 9.32. The Morgan fingerprint density at radius 1 is 1.14 bits per heavy atom. The summed E-state index contributed by atoms with van der Waals surface area (Å²) in [5.74, 6) is -0.536. The molecule has 0 aliphatic rings. The van der Waals surface area contributed by atoms with E-state index in [1.54, 1.807) is 46.2 Å². The highest BCUT2D eigenvalue weighted by Gasteiger charge is 2.27. The van der Waals surface area contributed by atoms with Gasteiger partial charge in [0.15, 0.2) is 10.9 Å². The number of carbonyl (C=O) groups excluding carboxylic acids is 3. The number of nitrogens with one attached hydrogen (secondary N) is 1. The largest absolute Gasteiger partial charge is 0.466 e. The van der Waals surface area contributed by atoms with Gasteiger partial charge in [-0.15, -0.1) is 10.2 Å². The smallest absolute Gasteiger partial charge is 0.340 e. The summed E-state index contributed by atoms with van der Waals surface area (Å²) in [5, 5.41) is 8.11. The van der Waals surface area contributed by atoms with Crippen LogP contribution in [0.15, 0.2) is 5.16 Å². The summed E-state index contributed by atoms with van der Waals surface area (Å²) in [6.07, 6.45) is 0.0120. The maximum Gasteiger partial charge on any atom is 0.340 e. The minimum Gasteiger partial charge on any atom is -0.466 e. The van der Waals surface area contributed by atoms with Crippen molar-refractivity contribution in [2.24, 2.45) is 7.05 Å². The highest BCUT2D eigenvalue weighted by atomic mass is 32.2. The monoisotopic (exact) mass is 422 g/mol. The molecule has 0 amide bonds. The number of H-pyrrole nitrogens is 1. The lowest BCUT2D eigenvalue weighted by Crippen LogP contribution is -2.17. The van der Waals surface area contributed by atoms with Gasteiger partial charge in [-0.05, 0) is 40.2 Å². The Labute approximate surface area is 173 Å². The predicted octanol–water partition coefficient (Wildman–Crippen LogP) is 2.41. The van der Waals surface area contributed by atoms with Crippen LogP contribution in [-0.4, -0.2) is 55.9 Å². The molecular weight excluding hydrogens is 396 g/mol. The summed E-state index contributed by atoms with van der Waals surface area (Å²) in [6, 6.07) is 0. The molecule has 158 valence electrons. The van der Waals surface area contributed by atoms with E-state index in [2.05, 4.69) is 15.2 Å². The normalized spacial score (nSPS) is 11.9. The topological polar surface area (TPSA) is 116 Å². The first kappa shape index (κ1) is 22.7. The number of aromatic nitrogens is 4. The molecule has 0 aliphatic heterocycles. The molecule has 0 saturated heterocycles. The standard InChI is InChI=1S/C19H26N4O5S/c1-7-27-14(24)9-13-21-22-19(23(13)6)29-12(5)17(25)16-10(3)15(11(4)20-16)18(26)28-8-2/h12,20H,7-9H2,1-6H3/t12-/m1/s1. The first-order chi connectivity index (χ1) is 13.7. The lowest BCUT2D eigenvalue weighted by atomic mass is 10.1. The summed E-state index contributed by atoms with van der Waals surface area (Å²) >= 11 is 1.23. The second-order valence-corrected chi connectivity index (χ2v) is 7.72. The van der Waals surface area contributed by atoms with Gasteiger partial charge in [0, 0.05) is 12.7 Å². The van der Waals surface area contributed by atoms with Crippen LogP contribution < -0.4 is 0 Å². The van der Waals surface area contributed by atoms with Crippen LogP contribution in [0.3, 0.4) is 0 Å². The Morgan fingerprint density at radius 3 is 2.41 bits per heavy atom. The molecule has 10 heteroatoms. The third-order valence-corrected chi connectivity index (χ3v) is 5.48. The Bertz CT molecular complexity index is 918. The average Bonchev–Trinajstić information content (AvgIpc) is 3.14. The molecule has 9 nitrogen and oxygen atoms in total. The van der Waals surface area contributed by atoms with Crippen molar-refractivity contribution in [3.05, 3.63) is 28.3 Å². The fraction of sp³-hybridized carbons (Fsp3) is 0.526. The van der Waals surface area contributed by atoms with Gasteiger partial charge in [-0.25, -0.2) is 4.79 Å². The summed E-state index contributed by atoms with van der Waals surface area (Å²) in [5.41, 5.74) is 1.93. The molecule has 0 spiro atoms. The molecule has 0 fully saturated rings. The van der Waals surface area contributed by atoms with Crippen molar-refractivity contribution >= 4 is 29.5 Å². The van der Waals surface area contributed by atoms with Crippen LogP contribution in [-0.2, 0) is 27.7 Å². The van der Waals surface area contributed by atoms with E-state index in [9.17, 15) is 14.4 Å². The highest BCUT2D eigenvalue weighted by molar-refractivity contribution is 8.00. The van der Waals surface area contributed by atoms with E-state index in [0.29, 0.717) is 40.1 Å². The van der Waals surface area contributed by atoms with Crippen molar-refractivity contribution in [3.63, 3.8) is 0 Å². The molecule has 0 aromatic carbocycles. The van der Waals surface area contributed by atoms with E-state index in [4.69, 9.17) is 9.47 Å². The number of aryl methyl sites for hydroxylation is 1. The predicted molar refractivity (Wildman–Crippen MR) is 107 cm³/mol. The summed E-state index contributed by atoms with van der Waals surface area (Å²) in [6.45, 7) is 9.24. The molecule has 2 heterocycles. The van der Waals surface area contributed by atoms with Gasteiger partial charge in [0.2, 0.25) is 0 Å². The van der Waals surface area contributed by atoms with Crippen LogP contribution in [0.5, 0.6) is 0 Å². The third kappa shape index (κ3) is 5.06. The number of nitrogens with zero attached hydrogens (tertiary/aromatic N) is 3. The van der Waals surface area contributed by atoms with Crippen LogP contribution in [0, 0.1) is 13.8 Å². The van der Waals surface area contributed by atoms with E-state index >= 15 is 0 Å². The van der Waals surface area contributed by atoms with Gasteiger partial charge >= 0.3 is 11.9 Å². The van der Waals surface area contributed by atoms with Crippen molar-refractivity contribution in [2.75, 3.05) is 13.2 Å². The van der Waals surface area contributed by atoms with Crippen LogP contribution in [0.2, 0.25) is 0 Å². The quantitative estimate of drug-likeness (QED) is 0.372. The number of hydrogen-bond donors (Lipinski definition) is 1. The SMILES string of the molecule is CCOC(=O)Cc1nnc(S[C@H](C)C(=O)c2[nH]c(C)c(C(=O)OCC)c2C)n1C. The molecule has 2 aromatic heterocycles. The Balaban J connectivity index is 2.16. The van der Waals surface area contributed by atoms with Crippen LogP contribution >= 0.6 is 11.8 Å². The van der Waals surface area contributed by atoms with E-state index < -0.39 is 11.2 Å². The number of Topliss-reactive ketones (excluding diaryl/α,β-unsaturated/α-hetero) is 1. The third-order valence-electron chi connectivity index (χ3n) is 4.35.